The first-order valence-electron chi connectivity index (χ1n) is 11.3. The van der Waals surface area contributed by atoms with Crippen LogP contribution in [0.2, 0.25) is 0 Å². The molecular formula is C24H37IN4O3. The zero-order chi connectivity index (χ0) is 22.1. The van der Waals surface area contributed by atoms with Crippen molar-refractivity contribution in [2.75, 3.05) is 32.9 Å². The summed E-state index contributed by atoms with van der Waals surface area (Å²) in [5.41, 5.74) is 2.26. The molecule has 2 N–H and O–H groups in total. The van der Waals surface area contributed by atoms with Gasteiger partial charge in [0.1, 0.15) is 12.3 Å². The van der Waals surface area contributed by atoms with Gasteiger partial charge >= 0.3 is 0 Å². The van der Waals surface area contributed by atoms with E-state index in [4.69, 9.17) is 19.0 Å². The Balaban J connectivity index is 0.00000363. The molecule has 2 heterocycles. The van der Waals surface area contributed by atoms with E-state index in [0.29, 0.717) is 19.1 Å². The van der Waals surface area contributed by atoms with Gasteiger partial charge in [-0.2, -0.15) is 0 Å². The fourth-order valence-corrected chi connectivity index (χ4v) is 3.83. The molecule has 3 rings (SSSR count). The summed E-state index contributed by atoms with van der Waals surface area (Å²) < 4.78 is 16.7. The highest BCUT2D eigenvalue weighted by Crippen LogP contribution is 2.35. The maximum atomic E-state index is 5.67. The molecule has 0 spiro atoms. The molecule has 1 aliphatic rings. The van der Waals surface area contributed by atoms with Gasteiger partial charge in [-0.05, 0) is 50.3 Å². The van der Waals surface area contributed by atoms with Gasteiger partial charge in [-0.3, -0.25) is 0 Å². The Bertz CT molecular complexity index is 830. The van der Waals surface area contributed by atoms with E-state index < -0.39 is 0 Å². The number of halogens is 1. The Hall–Kier alpha value is -1.81. The number of nitrogens with zero attached hydrogens (tertiary/aromatic N) is 2. The molecule has 1 aromatic carbocycles. The normalized spacial score (nSPS) is 15.8. The lowest BCUT2D eigenvalue weighted by molar-refractivity contribution is 0.0513. The topological polar surface area (TPSA) is 80.9 Å². The first-order valence-corrected chi connectivity index (χ1v) is 11.3. The van der Waals surface area contributed by atoms with Gasteiger partial charge in [0.25, 0.3) is 0 Å². The molecule has 178 valence electrons. The summed E-state index contributed by atoms with van der Waals surface area (Å²) in [5, 5.41) is 11.0. The molecule has 8 heteroatoms. The number of guanidine groups is 1. The van der Waals surface area contributed by atoms with Crippen LogP contribution in [0, 0.1) is 0 Å². The highest BCUT2D eigenvalue weighted by atomic mass is 127. The van der Waals surface area contributed by atoms with Gasteiger partial charge < -0.3 is 24.6 Å². The summed E-state index contributed by atoms with van der Waals surface area (Å²) in [6, 6.07) is 10.5. The maximum Gasteiger partial charge on any atom is 0.191 e. The van der Waals surface area contributed by atoms with E-state index in [2.05, 4.69) is 60.8 Å². The second-order valence-corrected chi connectivity index (χ2v) is 8.27. The number of rotatable bonds is 9. The average molecular weight is 556 g/mol. The zero-order valence-corrected chi connectivity index (χ0v) is 22.0. The van der Waals surface area contributed by atoms with Crippen LogP contribution in [0.1, 0.15) is 63.5 Å². The summed E-state index contributed by atoms with van der Waals surface area (Å²) in [6.07, 6.45) is 1.93. The van der Waals surface area contributed by atoms with Gasteiger partial charge in [0, 0.05) is 37.8 Å². The largest absolute Gasteiger partial charge is 0.494 e. The molecule has 1 aromatic heterocycles. The van der Waals surface area contributed by atoms with Crippen molar-refractivity contribution in [3.05, 3.63) is 47.3 Å². The third kappa shape index (κ3) is 7.10. The van der Waals surface area contributed by atoms with Crippen molar-refractivity contribution in [2.45, 2.75) is 58.4 Å². The van der Waals surface area contributed by atoms with E-state index in [1.807, 2.05) is 13.0 Å². The van der Waals surface area contributed by atoms with Crippen LogP contribution in [0.3, 0.4) is 0 Å². The third-order valence-corrected chi connectivity index (χ3v) is 5.73. The van der Waals surface area contributed by atoms with Crippen LogP contribution in [-0.2, 0) is 16.7 Å². The SMILES string of the molecule is CCNC(=NCc1cc(C(C)C)no1)NCC1(c2ccc(OCC)cc2)CCOCC1.I. The van der Waals surface area contributed by atoms with Crippen LogP contribution >= 0.6 is 24.0 Å². The molecule has 2 aromatic rings. The van der Waals surface area contributed by atoms with E-state index in [1.54, 1.807) is 0 Å². The molecule has 0 radical (unpaired) electrons. The van der Waals surface area contributed by atoms with Gasteiger partial charge in [0.05, 0.1) is 12.3 Å². The Labute approximate surface area is 208 Å². The van der Waals surface area contributed by atoms with Crippen molar-refractivity contribution >= 4 is 29.9 Å². The number of aliphatic imine (C=N–C) groups is 1. The predicted molar refractivity (Wildman–Crippen MR) is 138 cm³/mol. The quantitative estimate of drug-likeness (QED) is 0.267. The van der Waals surface area contributed by atoms with Gasteiger partial charge in [0.15, 0.2) is 11.7 Å². The Kier molecular flexibility index (Phi) is 10.8. The van der Waals surface area contributed by atoms with Crippen molar-refractivity contribution in [1.29, 1.82) is 0 Å². The lowest BCUT2D eigenvalue weighted by Crippen LogP contribution is -2.48. The van der Waals surface area contributed by atoms with Crippen molar-refractivity contribution in [3.63, 3.8) is 0 Å². The summed E-state index contributed by atoms with van der Waals surface area (Å²) in [4.78, 5) is 4.71. The average Bonchev–Trinajstić information content (AvgIpc) is 3.27. The molecule has 0 unspecified atom stereocenters. The number of hydrogen-bond donors (Lipinski definition) is 2. The van der Waals surface area contributed by atoms with E-state index in [1.165, 1.54) is 5.56 Å². The Morgan fingerprint density at radius 2 is 1.88 bits per heavy atom. The van der Waals surface area contributed by atoms with Gasteiger partial charge in [-0.1, -0.05) is 31.1 Å². The van der Waals surface area contributed by atoms with Gasteiger partial charge in [0.2, 0.25) is 0 Å². The number of ether oxygens (including phenoxy) is 2. The van der Waals surface area contributed by atoms with E-state index in [9.17, 15) is 0 Å². The number of nitrogens with one attached hydrogen (secondary N) is 2. The van der Waals surface area contributed by atoms with E-state index in [0.717, 1.165) is 62.3 Å². The molecule has 1 aliphatic heterocycles. The van der Waals surface area contributed by atoms with Crippen LogP contribution in [0.5, 0.6) is 5.75 Å². The molecule has 1 saturated heterocycles. The van der Waals surface area contributed by atoms with E-state index in [-0.39, 0.29) is 29.4 Å². The second kappa shape index (κ2) is 13.0. The highest BCUT2D eigenvalue weighted by Gasteiger charge is 2.34. The lowest BCUT2D eigenvalue weighted by Gasteiger charge is -2.38. The van der Waals surface area contributed by atoms with Crippen LogP contribution < -0.4 is 15.4 Å². The first kappa shape index (κ1) is 26.4. The summed E-state index contributed by atoms with van der Waals surface area (Å²) in [7, 11) is 0. The molecule has 7 nitrogen and oxygen atoms in total. The van der Waals surface area contributed by atoms with Crippen LogP contribution in [0.4, 0.5) is 0 Å². The fourth-order valence-electron chi connectivity index (χ4n) is 3.83. The number of benzene rings is 1. The van der Waals surface area contributed by atoms with Crippen molar-refractivity contribution in [2.24, 2.45) is 4.99 Å². The Morgan fingerprint density at radius 1 is 1.16 bits per heavy atom. The van der Waals surface area contributed by atoms with Crippen molar-refractivity contribution in [3.8, 4) is 5.75 Å². The molecule has 0 amide bonds. The fraction of sp³-hybridized carbons (Fsp3) is 0.583. The minimum Gasteiger partial charge on any atom is -0.494 e. The standard InChI is InChI=1S/C24H36N4O3.HI/c1-5-25-23(26-16-21-15-22(18(3)4)28-31-21)27-17-24(11-13-29-14-12-24)19-7-9-20(10-8-19)30-6-2;/h7-10,15,18H,5-6,11-14,16-17H2,1-4H3,(H2,25,26,27);1H. The first-order chi connectivity index (χ1) is 15.1. The van der Waals surface area contributed by atoms with Crippen LogP contribution in [-0.4, -0.2) is 44.0 Å². The molecule has 1 fully saturated rings. The molecular weight excluding hydrogens is 519 g/mol. The highest BCUT2D eigenvalue weighted by molar-refractivity contribution is 14.0. The number of hydrogen-bond acceptors (Lipinski definition) is 5. The molecule has 0 saturated carbocycles. The predicted octanol–water partition coefficient (Wildman–Crippen LogP) is 4.62. The maximum absolute atomic E-state index is 5.67. The van der Waals surface area contributed by atoms with E-state index >= 15 is 0 Å². The minimum absolute atomic E-state index is 0. The molecule has 0 aliphatic carbocycles. The Morgan fingerprint density at radius 3 is 2.47 bits per heavy atom. The molecule has 0 bridgehead atoms. The van der Waals surface area contributed by atoms with Gasteiger partial charge in [-0.15, -0.1) is 24.0 Å². The van der Waals surface area contributed by atoms with Crippen molar-refractivity contribution in [1.82, 2.24) is 15.8 Å². The number of aromatic nitrogens is 1. The smallest absolute Gasteiger partial charge is 0.191 e. The van der Waals surface area contributed by atoms with Gasteiger partial charge in [-0.25, -0.2) is 4.99 Å². The summed E-state index contributed by atoms with van der Waals surface area (Å²) in [5.74, 6) is 2.80. The minimum atomic E-state index is -0.00373. The summed E-state index contributed by atoms with van der Waals surface area (Å²) >= 11 is 0. The summed E-state index contributed by atoms with van der Waals surface area (Å²) in [6.45, 7) is 12.5. The zero-order valence-electron chi connectivity index (χ0n) is 19.6. The van der Waals surface area contributed by atoms with Crippen molar-refractivity contribution < 1.29 is 14.0 Å². The van der Waals surface area contributed by atoms with Crippen LogP contribution in [0.25, 0.3) is 0 Å². The lowest BCUT2D eigenvalue weighted by atomic mass is 9.74. The monoisotopic (exact) mass is 556 g/mol. The molecule has 0 atom stereocenters. The third-order valence-electron chi connectivity index (χ3n) is 5.73. The van der Waals surface area contributed by atoms with Crippen LogP contribution in [0.15, 0.2) is 39.8 Å². The second-order valence-electron chi connectivity index (χ2n) is 8.27. The molecule has 32 heavy (non-hydrogen) atoms.